The zero-order valence-electron chi connectivity index (χ0n) is 49.5. The minimum atomic E-state index is -0.332. The molecule has 9 heterocycles. The van der Waals surface area contributed by atoms with Gasteiger partial charge in [0.25, 0.3) is 0 Å². The number of fused-ring (bicyclic) bond motifs is 21. The lowest BCUT2D eigenvalue weighted by Gasteiger charge is -2.42. The van der Waals surface area contributed by atoms with Crippen LogP contribution in [0.25, 0.3) is 131 Å². The molecule has 0 aliphatic carbocycles. The Morgan fingerprint density at radius 2 is 0.955 bits per heavy atom. The Labute approximate surface area is 518 Å². The van der Waals surface area contributed by atoms with Gasteiger partial charge in [-0.1, -0.05) is 221 Å². The maximum Gasteiger partial charge on any atom is 0.247 e. The van der Waals surface area contributed by atoms with E-state index in [-0.39, 0.29) is 24.3 Å². The largest absolute Gasteiger partial charge is 0.310 e. The molecule has 0 N–H and O–H groups in total. The number of aromatic nitrogens is 5. The molecule has 414 valence electrons. The van der Waals surface area contributed by atoms with Gasteiger partial charge in [-0.25, -0.2) is 4.98 Å². The molecule has 4 aliphatic heterocycles. The van der Waals surface area contributed by atoms with E-state index in [9.17, 15) is 0 Å². The third-order valence-corrected chi connectivity index (χ3v) is 22.7. The van der Waals surface area contributed by atoms with E-state index in [4.69, 9.17) is 4.98 Å². The van der Waals surface area contributed by atoms with Crippen LogP contribution in [0.4, 0.5) is 0 Å². The number of hydrogen-bond acceptors (Lipinski definition) is 2. The highest BCUT2D eigenvalue weighted by atomic mass is 32.1. The van der Waals surface area contributed by atoms with Crippen molar-refractivity contribution in [2.24, 2.45) is 0 Å². The first-order chi connectivity index (χ1) is 43.7. The van der Waals surface area contributed by atoms with Crippen LogP contribution in [-0.2, 0) is 10.8 Å². The fourth-order valence-corrected chi connectivity index (χ4v) is 19.1. The third kappa shape index (κ3) is 5.97. The molecule has 0 spiro atoms. The average molecular weight is 1150 g/mol. The SMILES string of the molecule is CC1(C)c2cc3c(cc2B2c4c(cccc41)-n1c4ccccc4c4cccc2c41)n1c2cccc(-c4cccc(-c5c(-c6ccccc6)sc6ccc7c(c56)C(C)(C)c5cccc6c5B7c5cccc7c8ccccc8n-6c57)c4)c2nc1n3-c1ccccc1. The van der Waals surface area contributed by atoms with Gasteiger partial charge in [0.15, 0.2) is 0 Å². The topological polar surface area (TPSA) is 32.1 Å². The molecule has 0 amide bonds. The van der Waals surface area contributed by atoms with E-state index in [0.29, 0.717) is 0 Å². The summed E-state index contributed by atoms with van der Waals surface area (Å²) in [7, 11) is 0. The Morgan fingerprint density at radius 3 is 1.65 bits per heavy atom. The van der Waals surface area contributed by atoms with Crippen molar-refractivity contribution in [3.05, 3.63) is 271 Å². The molecule has 5 nitrogen and oxygen atoms in total. The van der Waals surface area contributed by atoms with Gasteiger partial charge in [0.05, 0.1) is 33.1 Å². The van der Waals surface area contributed by atoms with Gasteiger partial charge in [0.1, 0.15) is 0 Å². The third-order valence-electron chi connectivity index (χ3n) is 21.5. The Bertz CT molecular complexity index is 6070. The van der Waals surface area contributed by atoms with Gasteiger partial charge in [-0.3, -0.25) is 8.97 Å². The summed E-state index contributed by atoms with van der Waals surface area (Å²) in [6.45, 7) is 9.96. The van der Waals surface area contributed by atoms with Gasteiger partial charge in [0, 0.05) is 86.6 Å². The van der Waals surface area contributed by atoms with Gasteiger partial charge < -0.3 is 9.13 Å². The molecule has 8 heteroatoms. The summed E-state index contributed by atoms with van der Waals surface area (Å²) < 4.78 is 11.3. The molecule has 0 atom stereocenters. The highest BCUT2D eigenvalue weighted by molar-refractivity contribution is 7.23. The maximum absolute atomic E-state index is 5.86. The molecule has 5 aromatic heterocycles. The second kappa shape index (κ2) is 16.8. The summed E-state index contributed by atoms with van der Waals surface area (Å²) in [4.78, 5) is 7.15. The van der Waals surface area contributed by atoms with Crippen LogP contribution < -0.4 is 32.8 Å². The molecule has 89 heavy (non-hydrogen) atoms. The van der Waals surface area contributed by atoms with E-state index in [1.807, 2.05) is 11.3 Å². The number of imidazole rings is 2. The van der Waals surface area contributed by atoms with Crippen LogP contribution in [0.5, 0.6) is 0 Å². The van der Waals surface area contributed by atoms with Crippen molar-refractivity contribution in [2.75, 3.05) is 0 Å². The first kappa shape index (κ1) is 48.7. The first-order valence-corrected chi connectivity index (χ1v) is 32.2. The Hall–Kier alpha value is -10.4. The highest BCUT2D eigenvalue weighted by Crippen LogP contribution is 2.52. The molecule has 0 bridgehead atoms. The van der Waals surface area contributed by atoms with Crippen LogP contribution in [0, 0.1) is 0 Å². The molecule has 0 saturated carbocycles. The molecule has 21 rings (SSSR count). The molecule has 0 radical (unpaired) electrons. The molecule has 0 saturated heterocycles. The first-order valence-electron chi connectivity index (χ1n) is 31.4. The lowest BCUT2D eigenvalue weighted by atomic mass is 9.30. The van der Waals surface area contributed by atoms with E-state index in [0.717, 1.165) is 44.7 Å². The van der Waals surface area contributed by atoms with Gasteiger partial charge in [0.2, 0.25) is 19.2 Å². The zero-order chi connectivity index (χ0) is 58.5. The van der Waals surface area contributed by atoms with Crippen LogP contribution in [0.15, 0.2) is 249 Å². The summed E-state index contributed by atoms with van der Waals surface area (Å²) in [5.41, 5.74) is 32.5. The van der Waals surface area contributed by atoms with Crippen molar-refractivity contribution < 1.29 is 0 Å². The number of rotatable bonds is 4. The quantitative estimate of drug-likeness (QED) is 0.162. The fourth-order valence-electron chi connectivity index (χ4n) is 17.9. The second-order valence-corrected chi connectivity index (χ2v) is 27.5. The number of hydrogen-bond donors (Lipinski definition) is 0. The van der Waals surface area contributed by atoms with Crippen LogP contribution in [0.2, 0.25) is 0 Å². The van der Waals surface area contributed by atoms with Gasteiger partial charge in [-0.05, 0) is 128 Å². The molecule has 0 unspecified atom stereocenters. The maximum atomic E-state index is 5.86. The summed E-state index contributed by atoms with van der Waals surface area (Å²) in [5.74, 6) is 0.903. The minimum Gasteiger partial charge on any atom is -0.310 e. The van der Waals surface area contributed by atoms with Gasteiger partial charge >= 0.3 is 0 Å². The normalized spacial score (nSPS) is 14.7. The fraction of sp³-hybridized carbons (Fsp3) is 0.0741. The molecule has 0 fully saturated rings. The average Bonchev–Trinajstić information content (AvgIpc) is 1.53. The zero-order valence-corrected chi connectivity index (χ0v) is 50.3. The summed E-state index contributed by atoms with van der Waals surface area (Å²) >= 11 is 1.93. The van der Waals surface area contributed by atoms with E-state index in [2.05, 4.69) is 295 Å². The van der Waals surface area contributed by atoms with Crippen molar-refractivity contribution in [3.63, 3.8) is 0 Å². The Balaban J connectivity index is 0.796. The van der Waals surface area contributed by atoms with E-state index in [1.165, 1.54) is 142 Å². The monoisotopic (exact) mass is 1150 g/mol. The number of benzene rings is 12. The van der Waals surface area contributed by atoms with Crippen molar-refractivity contribution >= 4 is 139 Å². The minimum absolute atomic E-state index is 0.0413. The van der Waals surface area contributed by atoms with Crippen LogP contribution in [0.1, 0.15) is 49.9 Å². The standard InChI is InChI=1S/C81H53B2N5S/c1-80(2)55-32-19-38-64-73(55)83(60-35-17-31-54-52-28-12-13-36-62(52)86(64)77(54)60)61-45-68-67(44-57(61)80)85(49-25-9-6-10-26-49)79-84-75-50(29-18-40-66(75)88(68)79)47-23-15-24-48(43-47)70-71-69(89-78(70)46-21-7-5-8-22-46)42-41-58-72(71)81(3,4)56-33-20-39-65-74(56)82(58)59-34-16-30-53-51-27-11-14-37-63(51)87(65)76(53)59/h5-45H,1-4H3. The van der Waals surface area contributed by atoms with Gasteiger partial charge in [-0.2, -0.15) is 0 Å². The van der Waals surface area contributed by atoms with Crippen molar-refractivity contribution in [2.45, 2.75) is 38.5 Å². The second-order valence-electron chi connectivity index (χ2n) is 26.5. The van der Waals surface area contributed by atoms with Crippen molar-refractivity contribution in [3.8, 4) is 49.8 Å². The summed E-state index contributed by atoms with van der Waals surface area (Å²) in [6, 6.07) is 94.3. The van der Waals surface area contributed by atoms with Gasteiger partial charge in [-0.15, -0.1) is 11.3 Å². The van der Waals surface area contributed by atoms with E-state index >= 15 is 0 Å². The van der Waals surface area contributed by atoms with E-state index in [1.54, 1.807) is 0 Å². The summed E-state index contributed by atoms with van der Waals surface area (Å²) in [5, 5.41) is 6.58. The lowest BCUT2D eigenvalue weighted by Crippen LogP contribution is -2.63. The predicted octanol–water partition coefficient (Wildman–Crippen LogP) is 15.8. The van der Waals surface area contributed by atoms with Crippen LogP contribution in [-0.4, -0.2) is 36.5 Å². The molecular weight excluding hydrogens is 1100 g/mol. The Kier molecular flexibility index (Phi) is 9.19. The van der Waals surface area contributed by atoms with Crippen LogP contribution in [0.3, 0.4) is 0 Å². The molecule has 17 aromatic rings. The molecule has 12 aromatic carbocycles. The smallest absolute Gasteiger partial charge is 0.247 e. The molecular formula is C81H53B2N5S. The lowest BCUT2D eigenvalue weighted by molar-refractivity contribution is 0.646. The number of nitrogens with zero attached hydrogens (tertiary/aromatic N) is 5. The number of para-hydroxylation sites is 6. The highest BCUT2D eigenvalue weighted by Gasteiger charge is 2.48. The van der Waals surface area contributed by atoms with Crippen molar-refractivity contribution in [1.29, 1.82) is 0 Å². The summed E-state index contributed by atoms with van der Waals surface area (Å²) in [6.07, 6.45) is 0. The predicted molar refractivity (Wildman–Crippen MR) is 376 cm³/mol. The molecule has 4 aliphatic rings. The number of thiophene rings is 1. The van der Waals surface area contributed by atoms with Crippen molar-refractivity contribution in [1.82, 2.24) is 23.1 Å². The van der Waals surface area contributed by atoms with Crippen LogP contribution >= 0.6 is 11.3 Å². The Morgan fingerprint density at radius 1 is 0.393 bits per heavy atom. The van der Waals surface area contributed by atoms with E-state index < -0.39 is 0 Å².